The number of aromatic nitrogens is 1. The number of anilines is 2. The van der Waals surface area contributed by atoms with Crippen LogP contribution in [0.1, 0.15) is 53.3 Å². The Hall–Kier alpha value is -4.06. The number of thiophene rings is 1. The predicted molar refractivity (Wildman–Crippen MR) is 192 cm³/mol. The fourth-order valence-electron chi connectivity index (χ4n) is 6.04. The summed E-state index contributed by atoms with van der Waals surface area (Å²) in [6.45, 7) is 19.8. The van der Waals surface area contributed by atoms with E-state index in [1.54, 1.807) is 55.9 Å². The predicted octanol–water partition coefficient (Wildman–Crippen LogP) is 6.14. The number of hydrogen-bond acceptors (Lipinski definition) is 9. The summed E-state index contributed by atoms with van der Waals surface area (Å²) in [5.74, 6) is 0.259. The summed E-state index contributed by atoms with van der Waals surface area (Å²) < 4.78 is 12.0. The minimum atomic E-state index is -0.659. The Bertz CT molecular complexity index is 1630. The lowest BCUT2D eigenvalue weighted by atomic mass is 9.98. The number of fused-ring (bicyclic) bond motifs is 1. The van der Waals surface area contributed by atoms with Gasteiger partial charge in [0.2, 0.25) is 5.91 Å². The number of amides is 3. The Morgan fingerprint density at radius 3 is 2.19 bits per heavy atom. The monoisotopic (exact) mass is 678 g/mol. The van der Waals surface area contributed by atoms with E-state index in [0.717, 1.165) is 35.6 Å². The molecular formula is C36H50N6O5S. The average molecular weight is 679 g/mol. The van der Waals surface area contributed by atoms with Crippen LogP contribution in [0, 0.1) is 12.8 Å². The molecule has 1 unspecified atom stereocenters. The third-order valence-corrected chi connectivity index (χ3v) is 9.40. The molecule has 5 rings (SSSR count). The molecule has 0 aliphatic carbocycles. The first-order valence-corrected chi connectivity index (χ1v) is 17.5. The van der Waals surface area contributed by atoms with Crippen molar-refractivity contribution < 1.29 is 23.9 Å². The van der Waals surface area contributed by atoms with Crippen LogP contribution in [0.2, 0.25) is 0 Å². The molecule has 3 amide bonds. The van der Waals surface area contributed by atoms with E-state index in [1.807, 2.05) is 20.8 Å². The number of pyridine rings is 1. The van der Waals surface area contributed by atoms with E-state index in [4.69, 9.17) is 14.5 Å². The van der Waals surface area contributed by atoms with Crippen molar-refractivity contribution in [2.75, 3.05) is 62.7 Å². The van der Waals surface area contributed by atoms with Gasteiger partial charge in [0.15, 0.2) is 0 Å². The summed E-state index contributed by atoms with van der Waals surface area (Å²) in [6.07, 6.45) is -0.876. The molecule has 4 heterocycles. The maximum atomic E-state index is 13.0. The Morgan fingerprint density at radius 1 is 0.958 bits per heavy atom. The van der Waals surface area contributed by atoms with Gasteiger partial charge in [0, 0.05) is 74.9 Å². The molecule has 48 heavy (non-hydrogen) atoms. The van der Waals surface area contributed by atoms with Gasteiger partial charge in [-0.2, -0.15) is 0 Å². The van der Waals surface area contributed by atoms with E-state index in [0.29, 0.717) is 38.6 Å². The molecule has 3 aromatic rings. The van der Waals surface area contributed by atoms with Crippen molar-refractivity contribution in [2.45, 2.75) is 72.6 Å². The first kappa shape index (κ1) is 35.3. The molecule has 0 radical (unpaired) electrons. The van der Waals surface area contributed by atoms with Gasteiger partial charge >= 0.3 is 12.2 Å². The second-order valence-corrected chi connectivity index (χ2v) is 16.2. The largest absolute Gasteiger partial charge is 0.444 e. The maximum Gasteiger partial charge on any atom is 0.410 e. The van der Waals surface area contributed by atoms with Gasteiger partial charge in [0.05, 0.1) is 21.6 Å². The standard InChI is InChI=1S/C36H50N6O5S/c1-23-18-29-31(48-23)30(42-21-25(22-42)20-39(9)34(45)47-36(6,7)8)19-28(38-29)26-10-12-27(13-11-26)40-14-16-41(17-15-40)32(43)24(2)37-33(44)46-35(3,4)5/h10-13,18-19,24-25H,14-17,20-22H2,1-9H3,(H,37,44). The van der Waals surface area contributed by atoms with Gasteiger partial charge in [0.1, 0.15) is 17.2 Å². The van der Waals surface area contributed by atoms with Crippen molar-refractivity contribution >= 4 is 51.0 Å². The fraction of sp³-hybridized carbons (Fsp3) is 0.556. The van der Waals surface area contributed by atoms with Gasteiger partial charge in [-0.05, 0) is 79.7 Å². The number of piperazine rings is 1. The summed E-state index contributed by atoms with van der Waals surface area (Å²) in [5.41, 5.74) is 4.12. The number of rotatable bonds is 7. The normalized spacial score (nSPS) is 16.4. The second-order valence-electron chi connectivity index (χ2n) is 15.0. The number of benzene rings is 1. The molecule has 2 aliphatic heterocycles. The van der Waals surface area contributed by atoms with Crippen molar-refractivity contribution in [2.24, 2.45) is 5.92 Å². The zero-order valence-electron chi connectivity index (χ0n) is 29.8. The lowest BCUT2D eigenvalue weighted by Gasteiger charge is -2.43. The number of nitrogens with zero attached hydrogens (tertiary/aromatic N) is 5. The molecule has 11 nitrogen and oxygen atoms in total. The smallest absolute Gasteiger partial charge is 0.410 e. The summed E-state index contributed by atoms with van der Waals surface area (Å²) in [7, 11) is 1.80. The fourth-order valence-corrected chi connectivity index (χ4v) is 7.03. The molecular weight excluding hydrogens is 629 g/mol. The number of nitrogens with one attached hydrogen (secondary N) is 1. The highest BCUT2D eigenvalue weighted by Gasteiger charge is 2.32. The molecule has 1 N–H and O–H groups in total. The molecule has 12 heteroatoms. The molecule has 2 aromatic heterocycles. The lowest BCUT2D eigenvalue weighted by Crippen LogP contribution is -2.54. The van der Waals surface area contributed by atoms with Crippen LogP contribution in [0.15, 0.2) is 36.4 Å². The number of aryl methyl sites for hydroxylation is 1. The van der Waals surface area contributed by atoms with Crippen LogP contribution in [-0.4, -0.2) is 103 Å². The van der Waals surface area contributed by atoms with E-state index in [9.17, 15) is 14.4 Å². The minimum Gasteiger partial charge on any atom is -0.444 e. The Morgan fingerprint density at radius 2 is 1.58 bits per heavy atom. The van der Waals surface area contributed by atoms with Crippen LogP contribution >= 0.6 is 11.3 Å². The van der Waals surface area contributed by atoms with Crippen molar-refractivity contribution in [3.63, 3.8) is 0 Å². The van der Waals surface area contributed by atoms with E-state index < -0.39 is 23.3 Å². The molecule has 2 saturated heterocycles. The van der Waals surface area contributed by atoms with Gasteiger partial charge in [-0.1, -0.05) is 12.1 Å². The number of alkyl carbamates (subject to hydrolysis) is 1. The van der Waals surface area contributed by atoms with Gasteiger partial charge in [0.25, 0.3) is 0 Å². The Labute approximate surface area is 288 Å². The first-order chi connectivity index (χ1) is 22.5. The van der Waals surface area contributed by atoms with Crippen LogP contribution in [0.3, 0.4) is 0 Å². The topological polar surface area (TPSA) is 108 Å². The minimum absolute atomic E-state index is 0.111. The van der Waals surface area contributed by atoms with Crippen LogP contribution < -0.4 is 15.1 Å². The molecule has 2 fully saturated rings. The van der Waals surface area contributed by atoms with E-state index in [1.165, 1.54) is 15.3 Å². The number of carbonyl (C=O) groups excluding carboxylic acids is 3. The van der Waals surface area contributed by atoms with E-state index in [2.05, 4.69) is 58.4 Å². The molecule has 1 aromatic carbocycles. The zero-order valence-corrected chi connectivity index (χ0v) is 30.6. The molecule has 0 spiro atoms. The SMILES string of the molecule is Cc1cc2nc(-c3ccc(N4CCN(C(=O)C(C)NC(=O)OC(C)(C)C)CC4)cc3)cc(N3CC(CN(C)C(=O)OC(C)(C)C)C3)c2s1. The Kier molecular flexibility index (Phi) is 10.1. The quantitative estimate of drug-likeness (QED) is 0.318. The Balaban J connectivity index is 1.20. The van der Waals surface area contributed by atoms with Gasteiger partial charge in [-0.15, -0.1) is 11.3 Å². The van der Waals surface area contributed by atoms with Gasteiger partial charge < -0.3 is 34.4 Å². The molecule has 0 saturated carbocycles. The van der Waals surface area contributed by atoms with Crippen molar-refractivity contribution in [1.29, 1.82) is 0 Å². The van der Waals surface area contributed by atoms with Crippen molar-refractivity contribution in [3.8, 4) is 11.3 Å². The number of carbonyl (C=O) groups is 3. The van der Waals surface area contributed by atoms with Crippen LogP contribution in [0.5, 0.6) is 0 Å². The second kappa shape index (κ2) is 13.8. The highest BCUT2D eigenvalue weighted by Crippen LogP contribution is 2.39. The summed E-state index contributed by atoms with van der Waals surface area (Å²) in [6, 6.07) is 12.2. The van der Waals surface area contributed by atoms with Crippen molar-refractivity contribution in [1.82, 2.24) is 20.1 Å². The summed E-state index contributed by atoms with van der Waals surface area (Å²) in [5, 5.41) is 2.66. The number of hydrogen-bond donors (Lipinski definition) is 1. The van der Waals surface area contributed by atoms with Gasteiger partial charge in [-0.25, -0.2) is 14.6 Å². The first-order valence-electron chi connectivity index (χ1n) is 16.7. The average Bonchev–Trinajstić information content (AvgIpc) is 3.36. The zero-order chi connectivity index (χ0) is 35.0. The highest BCUT2D eigenvalue weighted by molar-refractivity contribution is 7.19. The molecule has 260 valence electrons. The third-order valence-electron chi connectivity index (χ3n) is 8.34. The lowest BCUT2D eigenvalue weighted by molar-refractivity contribution is -0.133. The molecule has 1 atom stereocenters. The summed E-state index contributed by atoms with van der Waals surface area (Å²) >= 11 is 1.77. The third kappa shape index (κ3) is 8.69. The van der Waals surface area contributed by atoms with Crippen molar-refractivity contribution in [3.05, 3.63) is 41.3 Å². The molecule has 2 aliphatic rings. The summed E-state index contributed by atoms with van der Waals surface area (Å²) in [4.78, 5) is 52.0. The van der Waals surface area contributed by atoms with Gasteiger partial charge in [-0.3, -0.25) is 4.79 Å². The maximum absolute atomic E-state index is 13.0. The van der Waals surface area contributed by atoms with E-state index >= 15 is 0 Å². The van der Waals surface area contributed by atoms with Crippen LogP contribution in [0.25, 0.3) is 21.5 Å². The van der Waals surface area contributed by atoms with E-state index in [-0.39, 0.29) is 12.0 Å². The highest BCUT2D eigenvalue weighted by atomic mass is 32.1. The van der Waals surface area contributed by atoms with Crippen LogP contribution in [-0.2, 0) is 14.3 Å². The molecule has 0 bridgehead atoms. The number of ether oxygens (including phenoxy) is 2. The van der Waals surface area contributed by atoms with Crippen LogP contribution in [0.4, 0.5) is 21.0 Å².